The van der Waals surface area contributed by atoms with E-state index in [0.29, 0.717) is 10.7 Å². The maximum absolute atomic E-state index is 12.4. The van der Waals surface area contributed by atoms with E-state index >= 15 is 0 Å². The number of imidazole rings is 1. The summed E-state index contributed by atoms with van der Waals surface area (Å²) in [6.07, 6.45) is 6.79. The number of hydrogen-bond acceptors (Lipinski definition) is 5. The molecule has 0 fully saturated rings. The third kappa shape index (κ3) is 3.12. The van der Waals surface area contributed by atoms with Gasteiger partial charge in [0.2, 0.25) is 0 Å². The molecule has 0 radical (unpaired) electrons. The SMILES string of the molecule is Cn1ccnc1-c1sc(NC(=O)c2cccnc2)nc1-c1ccccc1. The van der Waals surface area contributed by atoms with Crippen molar-refractivity contribution in [3.8, 4) is 22.0 Å². The van der Waals surface area contributed by atoms with Crippen LogP contribution >= 0.6 is 11.3 Å². The average Bonchev–Trinajstić information content (AvgIpc) is 3.29. The standard InChI is InChI=1S/C19H15N5OS/c1-24-11-10-21-17(24)16-15(13-6-3-2-4-7-13)22-19(26-16)23-18(25)14-8-5-9-20-12-14/h2-12H,1H3,(H,22,23,25). The molecule has 0 aliphatic rings. The smallest absolute Gasteiger partial charge is 0.259 e. The van der Waals surface area contributed by atoms with Gasteiger partial charge in [-0.25, -0.2) is 9.97 Å². The molecule has 1 amide bonds. The number of pyridine rings is 1. The van der Waals surface area contributed by atoms with E-state index in [2.05, 4.69) is 20.3 Å². The van der Waals surface area contributed by atoms with Crippen molar-refractivity contribution in [3.63, 3.8) is 0 Å². The Bertz CT molecular complexity index is 1040. The fraction of sp³-hybridized carbons (Fsp3) is 0.0526. The van der Waals surface area contributed by atoms with Gasteiger partial charge in [-0.1, -0.05) is 41.7 Å². The molecule has 0 aliphatic heterocycles. The number of aryl methyl sites for hydroxylation is 1. The van der Waals surface area contributed by atoms with Crippen LogP contribution in [0.1, 0.15) is 10.4 Å². The van der Waals surface area contributed by atoms with E-state index in [0.717, 1.165) is 22.0 Å². The second-order valence-corrected chi connectivity index (χ2v) is 6.62. The van der Waals surface area contributed by atoms with Crippen molar-refractivity contribution < 1.29 is 4.79 Å². The minimum Gasteiger partial charge on any atom is -0.333 e. The fourth-order valence-electron chi connectivity index (χ4n) is 2.57. The molecule has 6 nitrogen and oxygen atoms in total. The number of nitrogens with zero attached hydrogens (tertiary/aromatic N) is 4. The van der Waals surface area contributed by atoms with Crippen LogP contribution in [0.5, 0.6) is 0 Å². The summed E-state index contributed by atoms with van der Waals surface area (Å²) in [5, 5.41) is 3.39. The molecule has 4 rings (SSSR count). The van der Waals surface area contributed by atoms with Gasteiger partial charge in [0.1, 0.15) is 0 Å². The van der Waals surface area contributed by atoms with E-state index in [1.54, 1.807) is 24.5 Å². The largest absolute Gasteiger partial charge is 0.333 e. The number of amides is 1. The molecule has 7 heteroatoms. The highest BCUT2D eigenvalue weighted by molar-refractivity contribution is 7.19. The number of hydrogen-bond donors (Lipinski definition) is 1. The molecule has 0 atom stereocenters. The molecule has 3 heterocycles. The van der Waals surface area contributed by atoms with Gasteiger partial charge < -0.3 is 4.57 Å². The average molecular weight is 361 g/mol. The predicted octanol–water partition coefficient (Wildman–Crippen LogP) is 3.86. The van der Waals surface area contributed by atoms with Gasteiger partial charge >= 0.3 is 0 Å². The molecule has 0 spiro atoms. The van der Waals surface area contributed by atoms with E-state index in [1.807, 2.05) is 48.1 Å². The van der Waals surface area contributed by atoms with E-state index in [9.17, 15) is 4.79 Å². The summed E-state index contributed by atoms with van der Waals surface area (Å²) in [6, 6.07) is 13.3. The Labute approximate surface area is 154 Å². The number of carbonyl (C=O) groups excluding carboxylic acids is 1. The molecule has 128 valence electrons. The highest BCUT2D eigenvalue weighted by Crippen LogP contribution is 2.38. The van der Waals surface area contributed by atoms with Crippen LogP contribution in [-0.4, -0.2) is 25.4 Å². The molecule has 1 N–H and O–H groups in total. The van der Waals surface area contributed by atoms with Crippen molar-refractivity contribution in [1.29, 1.82) is 0 Å². The Balaban J connectivity index is 1.74. The second kappa shape index (κ2) is 6.89. The van der Waals surface area contributed by atoms with Crippen molar-refractivity contribution in [2.45, 2.75) is 0 Å². The van der Waals surface area contributed by atoms with Gasteiger partial charge in [0.25, 0.3) is 5.91 Å². The Kier molecular flexibility index (Phi) is 4.28. The highest BCUT2D eigenvalue weighted by atomic mass is 32.1. The summed E-state index contributed by atoms with van der Waals surface area (Å²) in [4.78, 5) is 26.4. The Morgan fingerprint density at radius 2 is 1.96 bits per heavy atom. The number of benzene rings is 1. The van der Waals surface area contributed by atoms with Gasteiger partial charge in [-0.05, 0) is 12.1 Å². The summed E-state index contributed by atoms with van der Waals surface area (Å²) in [5.74, 6) is 0.570. The van der Waals surface area contributed by atoms with Gasteiger partial charge in [0, 0.05) is 37.4 Å². The van der Waals surface area contributed by atoms with Gasteiger partial charge in [0.05, 0.1) is 16.1 Å². The van der Waals surface area contributed by atoms with Crippen LogP contribution in [0.4, 0.5) is 5.13 Å². The molecular formula is C19H15N5OS. The Morgan fingerprint density at radius 3 is 2.65 bits per heavy atom. The van der Waals surface area contributed by atoms with E-state index in [1.165, 1.54) is 17.5 Å². The van der Waals surface area contributed by atoms with Crippen LogP contribution in [0.25, 0.3) is 22.0 Å². The number of nitrogens with one attached hydrogen (secondary N) is 1. The maximum Gasteiger partial charge on any atom is 0.259 e. The van der Waals surface area contributed by atoms with Crippen molar-refractivity contribution in [2.24, 2.45) is 7.05 Å². The Morgan fingerprint density at radius 1 is 1.12 bits per heavy atom. The highest BCUT2D eigenvalue weighted by Gasteiger charge is 2.19. The van der Waals surface area contributed by atoms with Gasteiger partial charge in [-0.15, -0.1) is 0 Å². The van der Waals surface area contributed by atoms with Gasteiger partial charge in [-0.3, -0.25) is 15.1 Å². The zero-order chi connectivity index (χ0) is 17.9. The van der Waals surface area contributed by atoms with Crippen LogP contribution in [0.15, 0.2) is 67.3 Å². The molecule has 26 heavy (non-hydrogen) atoms. The van der Waals surface area contributed by atoms with Crippen molar-refractivity contribution in [1.82, 2.24) is 19.5 Å². The molecule has 3 aromatic heterocycles. The molecule has 0 saturated carbocycles. The summed E-state index contributed by atoms with van der Waals surface area (Å²) in [5.41, 5.74) is 2.26. The maximum atomic E-state index is 12.4. The third-order valence-corrected chi connectivity index (χ3v) is 4.81. The van der Waals surface area contributed by atoms with Crippen LogP contribution in [-0.2, 0) is 7.05 Å². The molecule has 0 unspecified atom stereocenters. The number of thiazole rings is 1. The summed E-state index contributed by atoms with van der Waals surface area (Å²) in [7, 11) is 1.94. The number of anilines is 1. The molecule has 0 bridgehead atoms. The van der Waals surface area contributed by atoms with Crippen LogP contribution < -0.4 is 5.32 Å². The van der Waals surface area contributed by atoms with Crippen molar-refractivity contribution >= 4 is 22.4 Å². The zero-order valence-corrected chi connectivity index (χ0v) is 14.8. The fourth-order valence-corrected chi connectivity index (χ4v) is 3.59. The lowest BCUT2D eigenvalue weighted by Gasteiger charge is -2.02. The summed E-state index contributed by atoms with van der Waals surface area (Å²) < 4.78 is 1.94. The van der Waals surface area contributed by atoms with E-state index < -0.39 is 0 Å². The lowest BCUT2D eigenvalue weighted by Crippen LogP contribution is -2.11. The topological polar surface area (TPSA) is 72.7 Å². The summed E-state index contributed by atoms with van der Waals surface area (Å²) >= 11 is 1.40. The van der Waals surface area contributed by atoms with E-state index in [4.69, 9.17) is 0 Å². The third-order valence-electron chi connectivity index (χ3n) is 3.84. The first-order valence-corrected chi connectivity index (χ1v) is 8.79. The first-order chi connectivity index (χ1) is 12.7. The van der Waals surface area contributed by atoms with E-state index in [-0.39, 0.29) is 5.91 Å². The minimum absolute atomic E-state index is 0.238. The predicted molar refractivity (Wildman–Crippen MR) is 102 cm³/mol. The molecule has 0 saturated heterocycles. The number of carbonyl (C=O) groups is 1. The first-order valence-electron chi connectivity index (χ1n) is 7.97. The number of rotatable bonds is 4. The van der Waals surface area contributed by atoms with Gasteiger partial charge in [0.15, 0.2) is 11.0 Å². The minimum atomic E-state index is -0.238. The molecule has 1 aromatic carbocycles. The molecule has 4 aromatic rings. The first kappa shape index (κ1) is 16.2. The molecular weight excluding hydrogens is 346 g/mol. The van der Waals surface area contributed by atoms with Crippen LogP contribution in [0, 0.1) is 0 Å². The van der Waals surface area contributed by atoms with Gasteiger partial charge in [-0.2, -0.15) is 0 Å². The monoisotopic (exact) mass is 361 g/mol. The summed E-state index contributed by atoms with van der Waals surface area (Å²) in [6.45, 7) is 0. The quantitative estimate of drug-likeness (QED) is 0.599. The van der Waals surface area contributed by atoms with Crippen molar-refractivity contribution in [2.75, 3.05) is 5.32 Å². The normalized spacial score (nSPS) is 10.7. The Hall–Kier alpha value is -3.32. The lowest BCUT2D eigenvalue weighted by atomic mass is 10.1. The zero-order valence-electron chi connectivity index (χ0n) is 14.0. The second-order valence-electron chi connectivity index (χ2n) is 5.62. The van der Waals surface area contributed by atoms with Crippen molar-refractivity contribution in [3.05, 3.63) is 72.8 Å². The van der Waals surface area contributed by atoms with Crippen LogP contribution in [0.2, 0.25) is 0 Å². The number of aromatic nitrogens is 4. The van der Waals surface area contributed by atoms with Crippen LogP contribution in [0.3, 0.4) is 0 Å². The lowest BCUT2D eigenvalue weighted by molar-refractivity contribution is 0.102. The molecule has 0 aliphatic carbocycles.